The monoisotopic (exact) mass is 273 g/mol. The number of hydrogen-bond donors (Lipinski definition) is 2. The van der Waals surface area contributed by atoms with E-state index >= 15 is 0 Å². The van der Waals surface area contributed by atoms with Crippen LogP contribution in [-0.4, -0.2) is 17.3 Å². The zero-order valence-electron chi connectivity index (χ0n) is 12.7. The van der Waals surface area contributed by atoms with Gasteiger partial charge in [0.1, 0.15) is 0 Å². The Morgan fingerprint density at radius 1 is 1.05 bits per heavy atom. The SMILES string of the molecule is CC1(C)CCC(c2ccc(NC3CC(O)C3)cc2)CC1. The molecular formula is C18H27NO. The Labute approximate surface area is 122 Å². The average Bonchev–Trinajstić information content (AvgIpc) is 2.38. The van der Waals surface area contributed by atoms with Crippen molar-refractivity contribution in [2.75, 3.05) is 5.32 Å². The van der Waals surface area contributed by atoms with E-state index in [9.17, 15) is 5.11 Å². The highest BCUT2D eigenvalue weighted by Crippen LogP contribution is 2.42. The standard InChI is InChI=1S/C18H27NO/c1-18(2)9-7-14(8-10-18)13-3-5-15(6-4-13)19-16-11-17(20)12-16/h3-6,14,16-17,19-20H,7-12H2,1-2H3. The van der Waals surface area contributed by atoms with E-state index in [2.05, 4.69) is 43.4 Å². The van der Waals surface area contributed by atoms with Crippen molar-refractivity contribution in [2.24, 2.45) is 5.41 Å². The van der Waals surface area contributed by atoms with Gasteiger partial charge in [0.2, 0.25) is 0 Å². The molecule has 3 rings (SSSR count). The van der Waals surface area contributed by atoms with Crippen LogP contribution in [0.1, 0.15) is 63.9 Å². The molecule has 1 aromatic rings. The molecule has 0 unspecified atom stereocenters. The van der Waals surface area contributed by atoms with Crippen LogP contribution in [0.4, 0.5) is 5.69 Å². The first kappa shape index (κ1) is 13.9. The van der Waals surface area contributed by atoms with E-state index in [0.717, 1.165) is 18.8 Å². The van der Waals surface area contributed by atoms with Gasteiger partial charge in [0.25, 0.3) is 0 Å². The Hall–Kier alpha value is -1.02. The molecule has 0 aromatic heterocycles. The fourth-order valence-electron chi connectivity index (χ4n) is 3.53. The van der Waals surface area contributed by atoms with Gasteiger partial charge in [-0.05, 0) is 67.6 Å². The number of benzene rings is 1. The number of anilines is 1. The zero-order chi connectivity index (χ0) is 14.2. The first-order chi connectivity index (χ1) is 9.52. The van der Waals surface area contributed by atoms with Crippen LogP contribution in [0.5, 0.6) is 0 Å². The number of aliphatic hydroxyl groups is 1. The lowest BCUT2D eigenvalue weighted by atomic mass is 9.71. The Kier molecular flexibility index (Phi) is 3.76. The Morgan fingerprint density at radius 3 is 2.20 bits per heavy atom. The molecule has 0 bridgehead atoms. The number of hydrogen-bond acceptors (Lipinski definition) is 2. The van der Waals surface area contributed by atoms with E-state index in [1.165, 1.54) is 36.9 Å². The van der Waals surface area contributed by atoms with Crippen LogP contribution in [0.15, 0.2) is 24.3 Å². The average molecular weight is 273 g/mol. The zero-order valence-corrected chi connectivity index (χ0v) is 12.7. The molecule has 2 nitrogen and oxygen atoms in total. The van der Waals surface area contributed by atoms with Crippen molar-refractivity contribution in [1.29, 1.82) is 0 Å². The second-order valence-corrected chi connectivity index (χ2v) is 7.53. The number of aliphatic hydroxyl groups excluding tert-OH is 1. The van der Waals surface area contributed by atoms with E-state index in [1.54, 1.807) is 0 Å². The molecule has 2 aliphatic carbocycles. The molecule has 2 fully saturated rings. The Morgan fingerprint density at radius 2 is 1.65 bits per heavy atom. The summed E-state index contributed by atoms with van der Waals surface area (Å²) in [6.07, 6.45) is 7.04. The van der Waals surface area contributed by atoms with Crippen LogP contribution in [0.2, 0.25) is 0 Å². The summed E-state index contributed by atoms with van der Waals surface area (Å²) < 4.78 is 0. The maximum Gasteiger partial charge on any atom is 0.0579 e. The third-order valence-corrected chi connectivity index (χ3v) is 5.21. The van der Waals surface area contributed by atoms with Crippen molar-refractivity contribution in [2.45, 2.75) is 70.4 Å². The van der Waals surface area contributed by atoms with Gasteiger partial charge < -0.3 is 10.4 Å². The summed E-state index contributed by atoms with van der Waals surface area (Å²) in [4.78, 5) is 0. The molecule has 0 radical (unpaired) electrons. The van der Waals surface area contributed by atoms with Crippen molar-refractivity contribution in [3.05, 3.63) is 29.8 Å². The van der Waals surface area contributed by atoms with Crippen LogP contribution in [0.25, 0.3) is 0 Å². The van der Waals surface area contributed by atoms with Crippen LogP contribution >= 0.6 is 0 Å². The van der Waals surface area contributed by atoms with Crippen LogP contribution in [0, 0.1) is 5.41 Å². The lowest BCUT2D eigenvalue weighted by Gasteiger charge is -2.35. The minimum absolute atomic E-state index is 0.0858. The van der Waals surface area contributed by atoms with Crippen molar-refractivity contribution in [3.63, 3.8) is 0 Å². The molecule has 0 aliphatic heterocycles. The minimum Gasteiger partial charge on any atom is -0.393 e. The fraction of sp³-hybridized carbons (Fsp3) is 0.667. The van der Waals surface area contributed by atoms with Gasteiger partial charge in [-0.3, -0.25) is 0 Å². The molecule has 20 heavy (non-hydrogen) atoms. The predicted octanol–water partition coefficient (Wildman–Crippen LogP) is 4.31. The van der Waals surface area contributed by atoms with E-state index in [4.69, 9.17) is 0 Å². The molecule has 0 spiro atoms. The molecule has 0 saturated heterocycles. The topological polar surface area (TPSA) is 32.3 Å². The molecule has 0 amide bonds. The largest absolute Gasteiger partial charge is 0.393 e. The van der Waals surface area contributed by atoms with Crippen LogP contribution in [-0.2, 0) is 0 Å². The van der Waals surface area contributed by atoms with Gasteiger partial charge in [0.05, 0.1) is 6.10 Å². The molecular weight excluding hydrogens is 246 g/mol. The third-order valence-electron chi connectivity index (χ3n) is 5.21. The summed E-state index contributed by atoms with van der Waals surface area (Å²) in [6.45, 7) is 4.78. The molecule has 2 heteroatoms. The van der Waals surface area contributed by atoms with E-state index in [-0.39, 0.29) is 6.10 Å². The summed E-state index contributed by atoms with van der Waals surface area (Å²) in [5.74, 6) is 0.752. The molecule has 0 atom stereocenters. The van der Waals surface area contributed by atoms with E-state index < -0.39 is 0 Å². The van der Waals surface area contributed by atoms with Gasteiger partial charge in [-0.15, -0.1) is 0 Å². The fourth-order valence-corrected chi connectivity index (χ4v) is 3.53. The van der Waals surface area contributed by atoms with E-state index in [0.29, 0.717) is 11.5 Å². The third kappa shape index (κ3) is 3.17. The first-order valence-electron chi connectivity index (χ1n) is 8.06. The van der Waals surface area contributed by atoms with Crippen LogP contribution in [0.3, 0.4) is 0 Å². The maximum absolute atomic E-state index is 9.31. The van der Waals surface area contributed by atoms with Crippen LogP contribution < -0.4 is 5.32 Å². The van der Waals surface area contributed by atoms with E-state index in [1.807, 2.05) is 0 Å². The summed E-state index contributed by atoms with van der Waals surface area (Å²) in [5, 5.41) is 12.8. The smallest absolute Gasteiger partial charge is 0.0579 e. The predicted molar refractivity (Wildman–Crippen MR) is 84.1 cm³/mol. The van der Waals surface area contributed by atoms with Gasteiger partial charge in [-0.2, -0.15) is 0 Å². The second-order valence-electron chi connectivity index (χ2n) is 7.53. The van der Waals surface area contributed by atoms with Gasteiger partial charge in [0, 0.05) is 11.7 Å². The number of rotatable bonds is 3. The Bertz CT molecular complexity index is 435. The molecule has 0 heterocycles. The van der Waals surface area contributed by atoms with Gasteiger partial charge in [0.15, 0.2) is 0 Å². The lowest BCUT2D eigenvalue weighted by Crippen LogP contribution is -2.38. The summed E-state index contributed by atoms with van der Waals surface area (Å²) >= 11 is 0. The molecule has 2 aliphatic rings. The molecule has 2 saturated carbocycles. The summed E-state index contributed by atoms with van der Waals surface area (Å²) in [5.41, 5.74) is 3.24. The molecule has 1 aromatic carbocycles. The highest BCUT2D eigenvalue weighted by atomic mass is 16.3. The number of nitrogens with one attached hydrogen (secondary N) is 1. The minimum atomic E-state index is -0.0858. The summed E-state index contributed by atoms with van der Waals surface area (Å²) in [7, 11) is 0. The van der Waals surface area contributed by atoms with Crippen molar-refractivity contribution in [3.8, 4) is 0 Å². The van der Waals surface area contributed by atoms with Crippen molar-refractivity contribution in [1.82, 2.24) is 0 Å². The summed E-state index contributed by atoms with van der Waals surface area (Å²) in [6, 6.07) is 9.46. The van der Waals surface area contributed by atoms with Gasteiger partial charge in [-0.1, -0.05) is 26.0 Å². The molecule has 2 N–H and O–H groups in total. The van der Waals surface area contributed by atoms with Gasteiger partial charge in [-0.25, -0.2) is 0 Å². The first-order valence-corrected chi connectivity index (χ1v) is 8.06. The quantitative estimate of drug-likeness (QED) is 0.860. The highest BCUT2D eigenvalue weighted by Gasteiger charge is 2.28. The Balaban J connectivity index is 1.56. The van der Waals surface area contributed by atoms with Gasteiger partial charge >= 0.3 is 0 Å². The molecule has 110 valence electrons. The maximum atomic E-state index is 9.31. The second kappa shape index (κ2) is 5.40. The van der Waals surface area contributed by atoms with Crippen molar-refractivity contribution < 1.29 is 5.11 Å². The van der Waals surface area contributed by atoms with Crippen molar-refractivity contribution >= 4 is 5.69 Å². The lowest BCUT2D eigenvalue weighted by molar-refractivity contribution is 0.0836. The normalized spacial score (nSPS) is 29.8. The highest BCUT2D eigenvalue weighted by molar-refractivity contribution is 5.46.